The van der Waals surface area contributed by atoms with Gasteiger partial charge in [0.05, 0.1) is 12.3 Å². The Bertz CT molecular complexity index is 779. The molecule has 3 rings (SSSR count). The van der Waals surface area contributed by atoms with Crippen molar-refractivity contribution in [3.8, 4) is 6.01 Å². The van der Waals surface area contributed by atoms with Crippen LogP contribution in [-0.4, -0.2) is 41.9 Å². The van der Waals surface area contributed by atoms with Crippen molar-refractivity contribution in [2.45, 2.75) is 38.0 Å². The molecular formula is C18H23N3O3S. The molecule has 134 valence electrons. The van der Waals surface area contributed by atoms with Crippen LogP contribution in [0.2, 0.25) is 0 Å². The van der Waals surface area contributed by atoms with Crippen molar-refractivity contribution < 1.29 is 13.2 Å². The first-order valence-corrected chi connectivity index (χ1v) is 10.2. The van der Waals surface area contributed by atoms with Crippen molar-refractivity contribution in [1.82, 2.24) is 14.3 Å². The lowest BCUT2D eigenvalue weighted by molar-refractivity contribution is 0.119. The number of hydrogen-bond acceptors (Lipinski definition) is 5. The van der Waals surface area contributed by atoms with E-state index in [4.69, 9.17) is 4.74 Å². The van der Waals surface area contributed by atoms with Gasteiger partial charge < -0.3 is 4.74 Å². The summed E-state index contributed by atoms with van der Waals surface area (Å²) < 4.78 is 32.7. The Balaban J connectivity index is 1.63. The van der Waals surface area contributed by atoms with E-state index in [9.17, 15) is 8.42 Å². The number of aromatic nitrogens is 2. The van der Waals surface area contributed by atoms with E-state index in [2.05, 4.69) is 9.97 Å². The van der Waals surface area contributed by atoms with Crippen LogP contribution in [0.4, 0.5) is 0 Å². The molecule has 0 aliphatic carbocycles. The van der Waals surface area contributed by atoms with Gasteiger partial charge in [-0.1, -0.05) is 37.3 Å². The summed E-state index contributed by atoms with van der Waals surface area (Å²) in [5.74, 6) is 0.0161. The summed E-state index contributed by atoms with van der Waals surface area (Å²) in [6.45, 7) is 2.91. The fourth-order valence-corrected chi connectivity index (χ4v) is 4.46. The van der Waals surface area contributed by atoms with E-state index >= 15 is 0 Å². The number of nitrogens with zero attached hydrogens (tertiary/aromatic N) is 3. The third kappa shape index (κ3) is 4.76. The number of aryl methyl sites for hydroxylation is 1. The molecule has 0 bridgehead atoms. The number of sulfonamides is 1. The Morgan fingerprint density at radius 1 is 1.16 bits per heavy atom. The van der Waals surface area contributed by atoms with Gasteiger partial charge in [0.25, 0.3) is 0 Å². The van der Waals surface area contributed by atoms with Crippen molar-refractivity contribution >= 4 is 10.0 Å². The minimum absolute atomic E-state index is 0.0161. The van der Waals surface area contributed by atoms with Crippen molar-refractivity contribution in [2.75, 3.05) is 13.1 Å². The monoisotopic (exact) mass is 361 g/mol. The topological polar surface area (TPSA) is 72.4 Å². The van der Waals surface area contributed by atoms with E-state index in [1.54, 1.807) is 12.4 Å². The quantitative estimate of drug-likeness (QED) is 0.790. The molecule has 0 radical (unpaired) electrons. The van der Waals surface area contributed by atoms with Gasteiger partial charge in [-0.15, -0.1) is 0 Å². The second kappa shape index (κ2) is 7.93. The van der Waals surface area contributed by atoms with Crippen LogP contribution in [0.5, 0.6) is 6.01 Å². The molecule has 0 N–H and O–H groups in total. The average molecular weight is 361 g/mol. The van der Waals surface area contributed by atoms with Gasteiger partial charge in [0.15, 0.2) is 0 Å². The van der Waals surface area contributed by atoms with Crippen LogP contribution in [0.25, 0.3) is 0 Å². The maximum atomic E-state index is 12.7. The molecule has 6 nitrogen and oxygen atoms in total. The molecule has 1 saturated heterocycles. The van der Waals surface area contributed by atoms with E-state index in [1.165, 1.54) is 4.31 Å². The van der Waals surface area contributed by atoms with Gasteiger partial charge in [-0.3, -0.25) is 0 Å². The minimum Gasteiger partial charge on any atom is -0.459 e. The fraction of sp³-hybridized carbons (Fsp3) is 0.444. The first kappa shape index (κ1) is 17.8. The lowest BCUT2D eigenvalue weighted by atomic mass is 10.1. The lowest BCUT2D eigenvalue weighted by Crippen LogP contribution is -2.44. The summed E-state index contributed by atoms with van der Waals surface area (Å²) in [6.07, 6.45) is 5.72. The van der Waals surface area contributed by atoms with Crippen LogP contribution in [0.1, 0.15) is 30.9 Å². The van der Waals surface area contributed by atoms with Gasteiger partial charge in [0.2, 0.25) is 10.0 Å². The van der Waals surface area contributed by atoms with Crippen LogP contribution in [-0.2, 0) is 22.2 Å². The van der Waals surface area contributed by atoms with Crippen LogP contribution >= 0.6 is 0 Å². The number of piperidine rings is 1. The van der Waals surface area contributed by atoms with Crippen molar-refractivity contribution in [3.63, 3.8) is 0 Å². The smallest absolute Gasteiger partial charge is 0.316 e. The van der Waals surface area contributed by atoms with Crippen LogP contribution in [0.3, 0.4) is 0 Å². The summed E-state index contributed by atoms with van der Waals surface area (Å²) in [7, 11) is -3.36. The van der Waals surface area contributed by atoms with Crippen LogP contribution in [0.15, 0.2) is 42.7 Å². The highest BCUT2D eigenvalue weighted by Crippen LogP contribution is 2.20. The van der Waals surface area contributed by atoms with Gasteiger partial charge in [-0.2, -0.15) is 4.31 Å². The van der Waals surface area contributed by atoms with Crippen LogP contribution < -0.4 is 4.74 Å². The summed E-state index contributed by atoms with van der Waals surface area (Å²) in [5.41, 5.74) is 1.84. The summed E-state index contributed by atoms with van der Waals surface area (Å²) in [6, 6.07) is 9.56. The van der Waals surface area contributed by atoms with Gasteiger partial charge in [0.1, 0.15) is 6.10 Å². The molecule has 1 unspecified atom stereocenters. The van der Waals surface area contributed by atoms with E-state index in [1.807, 2.05) is 37.3 Å². The molecule has 7 heteroatoms. The Labute approximate surface area is 148 Å². The van der Waals surface area contributed by atoms with E-state index < -0.39 is 10.0 Å². The Morgan fingerprint density at radius 2 is 1.88 bits per heavy atom. The number of rotatable bonds is 6. The molecule has 0 saturated carbocycles. The first-order valence-electron chi connectivity index (χ1n) is 8.56. The average Bonchev–Trinajstić information content (AvgIpc) is 2.63. The second-order valence-electron chi connectivity index (χ2n) is 6.21. The third-order valence-electron chi connectivity index (χ3n) is 4.29. The van der Waals surface area contributed by atoms with E-state index in [0.29, 0.717) is 19.1 Å². The predicted molar refractivity (Wildman–Crippen MR) is 95.7 cm³/mol. The summed E-state index contributed by atoms with van der Waals surface area (Å²) in [4.78, 5) is 8.39. The molecule has 1 aromatic carbocycles. The molecule has 2 heterocycles. The van der Waals surface area contributed by atoms with E-state index in [0.717, 1.165) is 30.4 Å². The molecule has 2 aromatic rings. The first-order chi connectivity index (χ1) is 12.1. The third-order valence-corrected chi connectivity index (χ3v) is 6.10. The molecule has 1 aliphatic heterocycles. The molecular weight excluding hydrogens is 338 g/mol. The second-order valence-corrected chi connectivity index (χ2v) is 8.18. The molecule has 0 spiro atoms. The number of benzene rings is 1. The van der Waals surface area contributed by atoms with Crippen molar-refractivity contribution in [2.24, 2.45) is 0 Å². The number of hydrogen-bond donors (Lipinski definition) is 0. The zero-order valence-electron chi connectivity index (χ0n) is 14.3. The summed E-state index contributed by atoms with van der Waals surface area (Å²) >= 11 is 0. The zero-order chi connectivity index (χ0) is 17.7. The largest absolute Gasteiger partial charge is 0.459 e. The fourth-order valence-electron chi connectivity index (χ4n) is 2.87. The zero-order valence-corrected chi connectivity index (χ0v) is 15.2. The molecule has 1 atom stereocenters. The Hall–Kier alpha value is -1.99. The molecule has 1 fully saturated rings. The van der Waals surface area contributed by atoms with Crippen molar-refractivity contribution in [3.05, 3.63) is 53.9 Å². The predicted octanol–water partition coefficient (Wildman–Crippen LogP) is 2.41. The standard InChI is InChI=1S/C18H23N3O3S/c1-2-15-11-19-18(20-12-15)24-17-9-6-10-21(13-17)25(22,23)14-16-7-4-3-5-8-16/h3-5,7-8,11-12,17H,2,6,9-10,13-14H2,1H3. The Morgan fingerprint density at radius 3 is 2.56 bits per heavy atom. The lowest BCUT2D eigenvalue weighted by Gasteiger charge is -2.31. The number of ether oxygens (including phenoxy) is 1. The van der Waals surface area contributed by atoms with E-state index in [-0.39, 0.29) is 11.9 Å². The molecule has 25 heavy (non-hydrogen) atoms. The molecule has 1 aliphatic rings. The normalized spacial score (nSPS) is 18.8. The van der Waals surface area contributed by atoms with Gasteiger partial charge >= 0.3 is 6.01 Å². The highest BCUT2D eigenvalue weighted by Gasteiger charge is 2.30. The maximum absolute atomic E-state index is 12.7. The van der Waals surface area contributed by atoms with Gasteiger partial charge in [-0.05, 0) is 30.4 Å². The van der Waals surface area contributed by atoms with Gasteiger partial charge in [0, 0.05) is 18.9 Å². The minimum atomic E-state index is -3.36. The maximum Gasteiger partial charge on any atom is 0.316 e. The van der Waals surface area contributed by atoms with Gasteiger partial charge in [-0.25, -0.2) is 18.4 Å². The molecule has 1 aromatic heterocycles. The highest BCUT2D eigenvalue weighted by atomic mass is 32.2. The Kier molecular flexibility index (Phi) is 5.65. The summed E-state index contributed by atoms with van der Waals surface area (Å²) in [5, 5.41) is 0. The molecule has 0 amide bonds. The van der Waals surface area contributed by atoms with Crippen molar-refractivity contribution in [1.29, 1.82) is 0 Å². The van der Waals surface area contributed by atoms with Crippen LogP contribution in [0, 0.1) is 0 Å². The highest BCUT2D eigenvalue weighted by molar-refractivity contribution is 7.88. The SMILES string of the molecule is CCc1cnc(OC2CCCN(S(=O)(=O)Cc3ccccc3)C2)nc1.